The molecule has 0 saturated heterocycles. The van der Waals surface area contributed by atoms with Crippen molar-refractivity contribution < 1.29 is 4.42 Å². The minimum atomic E-state index is 0.908. The molecule has 0 aliphatic heterocycles. The van der Waals surface area contributed by atoms with Crippen LogP contribution < -0.4 is 4.90 Å². The highest BCUT2D eigenvalue weighted by molar-refractivity contribution is 6.06. The second kappa shape index (κ2) is 12.5. The van der Waals surface area contributed by atoms with Gasteiger partial charge in [0.2, 0.25) is 0 Å². The lowest BCUT2D eigenvalue weighted by molar-refractivity contribution is 0.669. The highest BCUT2D eigenvalue weighted by Gasteiger charge is 2.14. The van der Waals surface area contributed by atoms with Crippen LogP contribution in [0.5, 0.6) is 0 Å². The topological polar surface area (TPSA) is 16.4 Å². The van der Waals surface area contributed by atoms with Gasteiger partial charge in [-0.2, -0.15) is 0 Å². The Kier molecular flexibility index (Phi) is 7.18. The van der Waals surface area contributed by atoms with Crippen molar-refractivity contribution in [2.24, 2.45) is 0 Å². The van der Waals surface area contributed by atoms with Crippen molar-refractivity contribution in [3.63, 3.8) is 0 Å². The Labute approximate surface area is 302 Å². The second-order valence-corrected chi connectivity index (χ2v) is 13.4. The normalized spacial score (nSPS) is 11.5. The monoisotopic (exact) mass is 663 g/mol. The lowest BCUT2D eigenvalue weighted by Crippen LogP contribution is -2.09. The van der Waals surface area contributed by atoms with Gasteiger partial charge in [-0.05, 0) is 128 Å². The van der Waals surface area contributed by atoms with E-state index < -0.39 is 0 Å². The zero-order chi connectivity index (χ0) is 34.4. The van der Waals surface area contributed by atoms with Crippen LogP contribution in [0.4, 0.5) is 17.1 Å². The first-order chi connectivity index (χ1) is 25.7. The zero-order valence-corrected chi connectivity index (χ0v) is 28.4. The van der Waals surface area contributed by atoms with Gasteiger partial charge in [-0.1, -0.05) is 127 Å². The van der Waals surface area contributed by atoms with Crippen LogP contribution in [0.2, 0.25) is 0 Å². The van der Waals surface area contributed by atoms with E-state index in [-0.39, 0.29) is 0 Å². The summed E-state index contributed by atoms with van der Waals surface area (Å²) in [4.78, 5) is 2.31. The predicted octanol–water partition coefficient (Wildman–Crippen LogP) is 14.4. The average Bonchev–Trinajstić information content (AvgIpc) is 3.59. The van der Waals surface area contributed by atoms with E-state index >= 15 is 0 Å². The van der Waals surface area contributed by atoms with Gasteiger partial charge in [-0.3, -0.25) is 0 Å². The number of fused-ring (bicyclic) bond motifs is 5. The third-order valence-corrected chi connectivity index (χ3v) is 10.2. The molecule has 0 bridgehead atoms. The number of hydrogen-bond donors (Lipinski definition) is 0. The van der Waals surface area contributed by atoms with Crippen LogP contribution in [0.25, 0.3) is 76.9 Å². The maximum absolute atomic E-state index is 6.18. The number of anilines is 3. The molecule has 0 N–H and O–H groups in total. The Morgan fingerprint density at radius 2 is 0.692 bits per heavy atom. The van der Waals surface area contributed by atoms with Crippen LogP contribution >= 0.6 is 0 Å². The van der Waals surface area contributed by atoms with E-state index in [0.717, 1.165) is 50.1 Å². The minimum absolute atomic E-state index is 0.908. The fraction of sp³-hybridized carbons (Fsp3) is 0. The highest BCUT2D eigenvalue weighted by atomic mass is 16.3. The van der Waals surface area contributed by atoms with E-state index in [1.807, 2.05) is 12.1 Å². The SMILES string of the molecule is c1ccc(N(c2ccc(-c3ccc4cc(-c5ccc6ccccc6c5)ccc4c3)cc2)c2ccc(-c3ccc4c(c3)oc3ccccc34)cc2)cc1. The number of rotatable bonds is 6. The second-order valence-electron chi connectivity index (χ2n) is 13.4. The van der Waals surface area contributed by atoms with E-state index in [4.69, 9.17) is 4.42 Å². The van der Waals surface area contributed by atoms with Gasteiger partial charge in [-0.25, -0.2) is 0 Å². The summed E-state index contributed by atoms with van der Waals surface area (Å²) in [6, 6.07) is 71.8. The van der Waals surface area contributed by atoms with Gasteiger partial charge in [0.05, 0.1) is 0 Å². The molecule has 52 heavy (non-hydrogen) atoms. The van der Waals surface area contributed by atoms with Crippen molar-refractivity contribution in [1.29, 1.82) is 0 Å². The van der Waals surface area contributed by atoms with Gasteiger partial charge in [0.15, 0.2) is 0 Å². The number of hydrogen-bond acceptors (Lipinski definition) is 2. The quantitative estimate of drug-likeness (QED) is 0.176. The first-order valence-corrected chi connectivity index (χ1v) is 17.7. The molecule has 0 spiro atoms. The van der Waals surface area contributed by atoms with E-state index in [9.17, 15) is 0 Å². The fourth-order valence-electron chi connectivity index (χ4n) is 7.51. The van der Waals surface area contributed by atoms with E-state index in [2.05, 4.69) is 193 Å². The van der Waals surface area contributed by atoms with Gasteiger partial charge < -0.3 is 9.32 Å². The van der Waals surface area contributed by atoms with Gasteiger partial charge in [0.1, 0.15) is 11.2 Å². The van der Waals surface area contributed by atoms with Crippen molar-refractivity contribution in [3.8, 4) is 33.4 Å². The number of nitrogens with zero attached hydrogens (tertiary/aromatic N) is 1. The largest absolute Gasteiger partial charge is 0.456 e. The number of furan rings is 1. The molecule has 0 aliphatic carbocycles. The molecule has 0 atom stereocenters. The third-order valence-electron chi connectivity index (χ3n) is 10.2. The lowest BCUT2D eigenvalue weighted by atomic mass is 9.96. The lowest BCUT2D eigenvalue weighted by Gasteiger charge is -2.26. The Morgan fingerprint density at radius 3 is 1.35 bits per heavy atom. The van der Waals surface area contributed by atoms with Crippen molar-refractivity contribution in [3.05, 3.63) is 200 Å². The summed E-state index contributed by atoms with van der Waals surface area (Å²) in [5, 5.41) is 7.29. The van der Waals surface area contributed by atoms with Crippen LogP contribution in [0.15, 0.2) is 205 Å². The van der Waals surface area contributed by atoms with Crippen molar-refractivity contribution in [1.82, 2.24) is 0 Å². The third kappa shape index (κ3) is 5.39. The van der Waals surface area contributed by atoms with Gasteiger partial charge in [0, 0.05) is 27.8 Å². The van der Waals surface area contributed by atoms with Crippen molar-refractivity contribution >= 4 is 60.5 Å². The molecule has 0 saturated carbocycles. The molecule has 2 nitrogen and oxygen atoms in total. The summed E-state index contributed by atoms with van der Waals surface area (Å²) < 4.78 is 6.18. The van der Waals surface area contributed by atoms with Crippen LogP contribution in [-0.2, 0) is 0 Å². The first kappa shape index (κ1) is 30.0. The summed E-state index contributed by atoms with van der Waals surface area (Å²) in [6.07, 6.45) is 0. The molecule has 0 radical (unpaired) electrons. The van der Waals surface area contributed by atoms with E-state index in [0.29, 0.717) is 0 Å². The Hall–Kier alpha value is -6.90. The van der Waals surface area contributed by atoms with Crippen LogP contribution in [0.3, 0.4) is 0 Å². The summed E-state index contributed by atoms with van der Waals surface area (Å²) in [6.45, 7) is 0. The number of benzene rings is 9. The summed E-state index contributed by atoms with van der Waals surface area (Å²) in [5.74, 6) is 0. The summed E-state index contributed by atoms with van der Waals surface area (Å²) >= 11 is 0. The van der Waals surface area contributed by atoms with Gasteiger partial charge in [-0.15, -0.1) is 0 Å². The Balaban J connectivity index is 0.942. The molecule has 10 rings (SSSR count). The van der Waals surface area contributed by atoms with Crippen LogP contribution in [0, 0.1) is 0 Å². The molecule has 1 heterocycles. The minimum Gasteiger partial charge on any atom is -0.456 e. The van der Waals surface area contributed by atoms with Gasteiger partial charge in [0.25, 0.3) is 0 Å². The van der Waals surface area contributed by atoms with Gasteiger partial charge >= 0.3 is 0 Å². The Bertz CT molecular complexity index is 2890. The molecule has 10 aromatic rings. The van der Waals surface area contributed by atoms with E-state index in [1.165, 1.54) is 43.8 Å². The zero-order valence-electron chi connectivity index (χ0n) is 28.4. The highest BCUT2D eigenvalue weighted by Crippen LogP contribution is 2.38. The van der Waals surface area contributed by atoms with E-state index in [1.54, 1.807) is 0 Å². The summed E-state index contributed by atoms with van der Waals surface area (Å²) in [5.41, 5.74) is 12.3. The molecule has 244 valence electrons. The molecule has 0 unspecified atom stereocenters. The van der Waals surface area contributed by atoms with Crippen LogP contribution in [-0.4, -0.2) is 0 Å². The molecule has 9 aromatic carbocycles. The molecular formula is C50H33NO. The fourth-order valence-corrected chi connectivity index (χ4v) is 7.51. The summed E-state index contributed by atoms with van der Waals surface area (Å²) in [7, 11) is 0. The van der Waals surface area contributed by atoms with Crippen molar-refractivity contribution in [2.45, 2.75) is 0 Å². The average molecular weight is 664 g/mol. The first-order valence-electron chi connectivity index (χ1n) is 17.7. The maximum atomic E-state index is 6.18. The molecule has 0 amide bonds. The molecule has 2 heteroatoms. The molecule has 0 aliphatic rings. The van der Waals surface area contributed by atoms with Crippen molar-refractivity contribution in [2.75, 3.05) is 4.90 Å². The van der Waals surface area contributed by atoms with Crippen LogP contribution in [0.1, 0.15) is 0 Å². The predicted molar refractivity (Wildman–Crippen MR) is 220 cm³/mol. The molecular weight excluding hydrogens is 631 g/mol. The Morgan fingerprint density at radius 1 is 0.269 bits per heavy atom. The number of para-hydroxylation sites is 2. The molecule has 1 aromatic heterocycles. The maximum Gasteiger partial charge on any atom is 0.136 e. The smallest absolute Gasteiger partial charge is 0.136 e. The standard InChI is InChI=1S/C50H33NO/c1-2-10-44(11-3-1)51(46-27-22-36(23-28-46)43-24-29-48-47-12-6-7-13-49(47)52-50(48)33-43)45-25-20-35(21-26-45)38-16-17-41-32-42(19-18-40(41)31-38)39-15-14-34-8-4-5-9-37(34)30-39/h1-33H. The molecule has 0 fully saturated rings.